The zero-order valence-corrected chi connectivity index (χ0v) is 18.0. The largest absolute Gasteiger partial charge is 0.498 e. The fourth-order valence-corrected chi connectivity index (χ4v) is 4.24. The van der Waals surface area contributed by atoms with Crippen LogP contribution >= 0.6 is 0 Å². The van der Waals surface area contributed by atoms with Gasteiger partial charge in [-0.1, -0.05) is 0 Å². The van der Waals surface area contributed by atoms with Crippen molar-refractivity contribution in [2.75, 3.05) is 41.7 Å². The van der Waals surface area contributed by atoms with Crippen molar-refractivity contribution in [2.45, 2.75) is 19.1 Å². The average molecular weight is 424 g/mol. The van der Waals surface area contributed by atoms with Gasteiger partial charge in [-0.05, 0) is 26.2 Å². The highest BCUT2D eigenvalue weighted by molar-refractivity contribution is 6.05. The van der Waals surface area contributed by atoms with Crippen LogP contribution in [0.5, 0.6) is 11.5 Å². The Bertz CT molecular complexity index is 1280. The van der Waals surface area contributed by atoms with Crippen LogP contribution < -0.4 is 15.0 Å². The number of pyridine rings is 1. The third kappa shape index (κ3) is 3.12. The number of ether oxygens (including phenoxy) is 4. The molecular weight excluding hydrogens is 400 g/mol. The number of aromatic nitrogens is 3. The molecule has 0 N–H and O–H groups in total. The van der Waals surface area contributed by atoms with Gasteiger partial charge in [0.15, 0.2) is 11.5 Å². The molecule has 1 aromatic carbocycles. The summed E-state index contributed by atoms with van der Waals surface area (Å²) in [5.41, 5.74) is 3.38. The Morgan fingerprint density at radius 3 is 2.68 bits per heavy atom. The molecule has 0 bridgehead atoms. The maximum Gasteiger partial charge on any atom is 0.255 e. The summed E-state index contributed by atoms with van der Waals surface area (Å²) in [6, 6.07) is 3.69. The van der Waals surface area contributed by atoms with E-state index in [1.807, 2.05) is 37.2 Å². The highest BCUT2D eigenvalue weighted by atomic mass is 16.7. The number of hydrogen-bond acceptors (Lipinski definition) is 8. The Labute approximate surface area is 178 Å². The van der Waals surface area contributed by atoms with Crippen LogP contribution in [0.3, 0.4) is 0 Å². The summed E-state index contributed by atoms with van der Waals surface area (Å²) < 4.78 is 24.0. The van der Waals surface area contributed by atoms with Gasteiger partial charge >= 0.3 is 0 Å². The van der Waals surface area contributed by atoms with Crippen molar-refractivity contribution < 1.29 is 18.9 Å². The summed E-state index contributed by atoms with van der Waals surface area (Å²) in [6.45, 7) is 1.39. The van der Waals surface area contributed by atoms with Crippen molar-refractivity contribution in [2.24, 2.45) is 0 Å². The molecule has 3 aromatic rings. The van der Waals surface area contributed by atoms with Crippen LogP contribution in [0.25, 0.3) is 28.0 Å². The molecule has 31 heavy (non-hydrogen) atoms. The van der Waals surface area contributed by atoms with E-state index in [0.717, 1.165) is 16.5 Å². The maximum absolute atomic E-state index is 13.7. The van der Waals surface area contributed by atoms with E-state index in [-0.39, 0.29) is 18.5 Å². The molecule has 0 saturated heterocycles. The van der Waals surface area contributed by atoms with Crippen molar-refractivity contribution in [1.82, 2.24) is 19.7 Å². The minimum Gasteiger partial charge on any atom is -0.498 e. The van der Waals surface area contributed by atoms with Crippen molar-refractivity contribution >= 4 is 28.0 Å². The summed E-state index contributed by atoms with van der Waals surface area (Å²) in [7, 11) is 7.18. The van der Waals surface area contributed by atoms with Gasteiger partial charge in [0.25, 0.3) is 5.56 Å². The lowest BCUT2D eigenvalue weighted by Gasteiger charge is -2.25. The van der Waals surface area contributed by atoms with Gasteiger partial charge < -0.3 is 28.4 Å². The predicted molar refractivity (Wildman–Crippen MR) is 115 cm³/mol. The number of hydrogen-bond donors (Lipinski definition) is 0. The van der Waals surface area contributed by atoms with E-state index in [1.54, 1.807) is 18.8 Å². The first-order valence-corrected chi connectivity index (χ1v) is 10.1. The van der Waals surface area contributed by atoms with Gasteiger partial charge in [0.1, 0.15) is 17.4 Å². The van der Waals surface area contributed by atoms with Crippen LogP contribution in [0.4, 0.5) is 0 Å². The molecule has 0 spiro atoms. The molecule has 5 rings (SSSR count). The minimum absolute atomic E-state index is 0.0511. The van der Waals surface area contributed by atoms with E-state index in [4.69, 9.17) is 18.9 Å². The number of fused-ring (bicyclic) bond motifs is 6. The first-order chi connectivity index (χ1) is 15.0. The molecule has 1 aliphatic carbocycles. The Balaban J connectivity index is 1.87. The van der Waals surface area contributed by atoms with Gasteiger partial charge in [0, 0.05) is 49.2 Å². The second-order valence-electron chi connectivity index (χ2n) is 7.95. The summed E-state index contributed by atoms with van der Waals surface area (Å²) in [4.78, 5) is 15.7. The van der Waals surface area contributed by atoms with Crippen LogP contribution in [-0.4, -0.2) is 67.4 Å². The number of methoxy groups -OCH3 is 2. The molecule has 9 heteroatoms. The fourth-order valence-electron chi connectivity index (χ4n) is 4.24. The predicted octanol–water partition coefficient (Wildman–Crippen LogP) is 1.79. The molecule has 3 heterocycles. The van der Waals surface area contributed by atoms with Crippen molar-refractivity contribution in [3.05, 3.63) is 39.4 Å². The van der Waals surface area contributed by atoms with Gasteiger partial charge in [-0.3, -0.25) is 4.79 Å². The van der Waals surface area contributed by atoms with Crippen molar-refractivity contribution in [3.8, 4) is 11.5 Å². The summed E-state index contributed by atoms with van der Waals surface area (Å²) >= 11 is 0. The molecule has 0 radical (unpaired) electrons. The van der Waals surface area contributed by atoms with Crippen molar-refractivity contribution in [3.63, 3.8) is 0 Å². The highest BCUT2D eigenvalue weighted by Crippen LogP contribution is 2.38. The van der Waals surface area contributed by atoms with E-state index < -0.39 is 0 Å². The Kier molecular flexibility index (Phi) is 4.79. The lowest BCUT2D eigenvalue weighted by Crippen LogP contribution is -2.34. The van der Waals surface area contributed by atoms with Gasteiger partial charge in [0.2, 0.25) is 6.79 Å². The smallest absolute Gasteiger partial charge is 0.255 e. The number of nitrogens with zero attached hydrogens (tertiary/aromatic N) is 4. The minimum atomic E-state index is -0.313. The molecular formula is C22H24N4O5. The third-order valence-electron chi connectivity index (χ3n) is 5.87. The Morgan fingerprint density at radius 1 is 1.19 bits per heavy atom. The summed E-state index contributed by atoms with van der Waals surface area (Å²) in [5.74, 6) is 1.93. The molecule has 1 aliphatic heterocycles. The standard InChI is InChI=1S/C22H24N4O5/c1-25(2)5-6-26-21-14-9-18-19(31-11-30-18)10-15(14)23-24-20(21)12-7-16(28-3)17(29-4)8-13(12)22(26)27/h7,9-10,17H,5-6,8,11H2,1-4H3. The summed E-state index contributed by atoms with van der Waals surface area (Å²) in [5, 5.41) is 9.77. The third-order valence-corrected chi connectivity index (χ3v) is 5.87. The number of benzene rings is 1. The van der Waals surface area contributed by atoms with E-state index in [9.17, 15) is 4.79 Å². The van der Waals surface area contributed by atoms with E-state index >= 15 is 0 Å². The molecule has 2 aromatic heterocycles. The van der Waals surface area contributed by atoms with E-state index in [2.05, 4.69) is 10.2 Å². The van der Waals surface area contributed by atoms with Gasteiger partial charge in [-0.15, -0.1) is 10.2 Å². The maximum atomic E-state index is 13.7. The van der Waals surface area contributed by atoms with E-state index in [1.165, 1.54) is 0 Å². The van der Waals surface area contributed by atoms with E-state index in [0.29, 0.717) is 53.4 Å². The average Bonchev–Trinajstić information content (AvgIpc) is 3.23. The second kappa shape index (κ2) is 7.51. The molecule has 0 fully saturated rings. The highest BCUT2D eigenvalue weighted by Gasteiger charge is 2.29. The molecule has 9 nitrogen and oxygen atoms in total. The van der Waals surface area contributed by atoms with Crippen LogP contribution in [0.15, 0.2) is 22.7 Å². The SMILES string of the molecule is COC1=Cc2c(c(=O)n(CCN(C)C)c3c2nnc2cc4c(cc23)OCO4)CC1OC. The number of likely N-dealkylation sites (N-methyl/N-ethyl adjacent to an activating group) is 1. The molecule has 1 unspecified atom stereocenters. The first-order valence-electron chi connectivity index (χ1n) is 10.1. The van der Waals surface area contributed by atoms with Crippen LogP contribution in [0.1, 0.15) is 11.1 Å². The van der Waals surface area contributed by atoms with Gasteiger partial charge in [-0.25, -0.2) is 0 Å². The lowest BCUT2D eigenvalue weighted by atomic mass is 9.93. The second-order valence-corrected chi connectivity index (χ2v) is 7.95. The molecule has 162 valence electrons. The lowest BCUT2D eigenvalue weighted by molar-refractivity contribution is 0.0792. The van der Waals surface area contributed by atoms with Gasteiger partial charge in [-0.2, -0.15) is 0 Å². The number of rotatable bonds is 5. The van der Waals surface area contributed by atoms with Crippen molar-refractivity contribution in [1.29, 1.82) is 0 Å². The van der Waals surface area contributed by atoms with Gasteiger partial charge in [0.05, 0.1) is 18.1 Å². The zero-order chi connectivity index (χ0) is 21.7. The van der Waals surface area contributed by atoms with Crippen LogP contribution in [0, 0.1) is 0 Å². The monoisotopic (exact) mass is 424 g/mol. The molecule has 0 amide bonds. The molecule has 0 saturated carbocycles. The fraction of sp³-hybridized carbons (Fsp3) is 0.409. The summed E-state index contributed by atoms with van der Waals surface area (Å²) in [6.07, 6.45) is 1.95. The topological polar surface area (TPSA) is 87.9 Å². The van der Waals surface area contributed by atoms with Crippen LogP contribution in [-0.2, 0) is 22.4 Å². The Morgan fingerprint density at radius 2 is 1.97 bits per heavy atom. The first kappa shape index (κ1) is 19.8. The molecule has 1 atom stereocenters. The normalized spacial score (nSPS) is 17.3. The zero-order valence-electron chi connectivity index (χ0n) is 18.0. The van der Waals surface area contributed by atoms with Crippen LogP contribution in [0.2, 0.25) is 0 Å². The quantitative estimate of drug-likeness (QED) is 0.573. The Hall–Kier alpha value is -3.17. The molecule has 2 aliphatic rings.